The van der Waals surface area contributed by atoms with Gasteiger partial charge >= 0.3 is 23.9 Å². The van der Waals surface area contributed by atoms with E-state index in [-0.39, 0.29) is 12.2 Å². The van der Waals surface area contributed by atoms with Crippen molar-refractivity contribution >= 4 is 23.9 Å². The van der Waals surface area contributed by atoms with Crippen LogP contribution >= 0.6 is 0 Å². The van der Waals surface area contributed by atoms with E-state index in [4.69, 9.17) is 18.9 Å². The van der Waals surface area contributed by atoms with Crippen LogP contribution in [0.2, 0.25) is 0 Å². The van der Waals surface area contributed by atoms with Gasteiger partial charge in [0.05, 0.1) is 0 Å². The van der Waals surface area contributed by atoms with Crippen molar-refractivity contribution in [3.05, 3.63) is 12.2 Å². The van der Waals surface area contributed by atoms with Gasteiger partial charge in [0.2, 0.25) is 0 Å². The summed E-state index contributed by atoms with van der Waals surface area (Å²) in [4.78, 5) is 46.3. The lowest BCUT2D eigenvalue weighted by Gasteiger charge is -2.21. The molecule has 0 unspecified atom stereocenters. The summed E-state index contributed by atoms with van der Waals surface area (Å²) < 4.78 is 19.9. The molecule has 0 bridgehead atoms. The maximum Gasteiger partial charge on any atom is 0.344 e. The molecule has 8 heteroatoms. The highest BCUT2D eigenvalue weighted by Gasteiger charge is 2.19. The molecule has 0 saturated heterocycles. The van der Waals surface area contributed by atoms with E-state index in [0.29, 0.717) is 0 Å². The van der Waals surface area contributed by atoms with Gasteiger partial charge in [-0.1, -0.05) is 12.8 Å². The quantitative estimate of drug-likeness (QED) is 0.350. The lowest BCUT2D eigenvalue weighted by atomic mass is 9.98. The van der Waals surface area contributed by atoms with Crippen LogP contribution in [0.25, 0.3) is 0 Å². The summed E-state index contributed by atoms with van der Waals surface area (Å²) in [7, 11) is 0. The van der Waals surface area contributed by atoms with Gasteiger partial charge in [0, 0.05) is 12.2 Å². The second-order valence-electron chi connectivity index (χ2n) is 7.05. The molecule has 28 heavy (non-hydrogen) atoms. The van der Waals surface area contributed by atoms with Gasteiger partial charge < -0.3 is 18.9 Å². The van der Waals surface area contributed by atoms with Crippen LogP contribution in [-0.2, 0) is 38.1 Å². The van der Waals surface area contributed by atoms with Crippen LogP contribution in [0.1, 0.15) is 64.2 Å². The van der Waals surface area contributed by atoms with E-state index in [9.17, 15) is 19.2 Å². The highest BCUT2D eigenvalue weighted by Crippen LogP contribution is 2.21. The molecule has 0 heterocycles. The Morgan fingerprint density at radius 3 is 1.32 bits per heavy atom. The Labute approximate surface area is 164 Å². The summed E-state index contributed by atoms with van der Waals surface area (Å²) in [5.41, 5.74) is 0. The third-order valence-electron chi connectivity index (χ3n) is 4.72. The molecular formula is C20H28O8. The molecule has 0 aromatic carbocycles. The second kappa shape index (κ2) is 12.2. The van der Waals surface area contributed by atoms with Crippen LogP contribution < -0.4 is 0 Å². The van der Waals surface area contributed by atoms with E-state index in [1.54, 1.807) is 0 Å². The van der Waals surface area contributed by atoms with Gasteiger partial charge in [-0.2, -0.15) is 0 Å². The number of hydrogen-bond acceptors (Lipinski definition) is 8. The highest BCUT2D eigenvalue weighted by molar-refractivity contribution is 5.93. The molecule has 0 aliphatic heterocycles. The summed E-state index contributed by atoms with van der Waals surface area (Å²) in [5.74, 6) is -2.96. The average molecular weight is 396 g/mol. The third kappa shape index (κ3) is 9.01. The third-order valence-corrected chi connectivity index (χ3v) is 4.72. The standard InChI is InChI=1S/C20H28O8/c21-17(25-13-19(23)27-15-7-3-1-4-8-15)11-12-18(22)26-14-20(24)28-16-9-5-2-6-10-16/h11-12,15-16H,1-10,13-14H2/b12-11+. The van der Waals surface area contributed by atoms with E-state index >= 15 is 0 Å². The predicted molar refractivity (Wildman–Crippen MR) is 97.0 cm³/mol. The molecule has 0 radical (unpaired) electrons. The molecule has 0 spiro atoms. The summed E-state index contributed by atoms with van der Waals surface area (Å²) in [6.07, 6.45) is 11.1. The van der Waals surface area contributed by atoms with Crippen molar-refractivity contribution in [3.8, 4) is 0 Å². The summed E-state index contributed by atoms with van der Waals surface area (Å²) >= 11 is 0. The lowest BCUT2D eigenvalue weighted by Crippen LogP contribution is -2.24. The van der Waals surface area contributed by atoms with Crippen LogP contribution in [0.3, 0.4) is 0 Å². The minimum Gasteiger partial charge on any atom is -0.460 e. The molecule has 2 saturated carbocycles. The number of esters is 4. The minimum atomic E-state index is -0.873. The molecule has 156 valence electrons. The van der Waals surface area contributed by atoms with Crippen molar-refractivity contribution in [1.29, 1.82) is 0 Å². The zero-order valence-electron chi connectivity index (χ0n) is 16.1. The van der Waals surface area contributed by atoms with Crippen molar-refractivity contribution in [2.45, 2.75) is 76.4 Å². The number of carbonyl (C=O) groups is 4. The Hall–Kier alpha value is -2.38. The maximum atomic E-state index is 11.6. The van der Waals surface area contributed by atoms with Crippen LogP contribution in [0.4, 0.5) is 0 Å². The Morgan fingerprint density at radius 2 is 0.964 bits per heavy atom. The van der Waals surface area contributed by atoms with E-state index in [2.05, 4.69) is 0 Å². The van der Waals surface area contributed by atoms with Gasteiger partial charge in [0.1, 0.15) is 12.2 Å². The van der Waals surface area contributed by atoms with Gasteiger partial charge in [-0.3, -0.25) is 0 Å². The predicted octanol–water partition coefficient (Wildman–Crippen LogP) is 2.38. The largest absolute Gasteiger partial charge is 0.460 e. The lowest BCUT2D eigenvalue weighted by molar-refractivity contribution is -0.161. The molecule has 2 aliphatic rings. The molecule has 0 atom stereocenters. The summed E-state index contributed by atoms with van der Waals surface area (Å²) in [5, 5.41) is 0. The SMILES string of the molecule is O=C(/C=C/C(=O)OCC(=O)OC1CCCCC1)OCC(=O)OC1CCCCC1. The van der Waals surface area contributed by atoms with Crippen molar-refractivity contribution in [2.75, 3.05) is 13.2 Å². The first-order valence-corrected chi connectivity index (χ1v) is 9.93. The monoisotopic (exact) mass is 396 g/mol. The fourth-order valence-electron chi connectivity index (χ4n) is 3.30. The maximum absolute atomic E-state index is 11.6. The van der Waals surface area contributed by atoms with E-state index in [0.717, 1.165) is 76.4 Å². The van der Waals surface area contributed by atoms with Crippen LogP contribution in [0.15, 0.2) is 12.2 Å². The van der Waals surface area contributed by atoms with E-state index in [1.165, 1.54) is 0 Å². The first-order chi connectivity index (χ1) is 13.5. The van der Waals surface area contributed by atoms with Crippen molar-refractivity contribution in [3.63, 3.8) is 0 Å². The van der Waals surface area contributed by atoms with Crippen LogP contribution in [0, 0.1) is 0 Å². The van der Waals surface area contributed by atoms with Gasteiger partial charge in [-0.05, 0) is 51.4 Å². The molecule has 2 aliphatic carbocycles. The molecule has 0 N–H and O–H groups in total. The van der Waals surface area contributed by atoms with Gasteiger partial charge in [0.15, 0.2) is 13.2 Å². The zero-order valence-corrected chi connectivity index (χ0v) is 16.1. The van der Waals surface area contributed by atoms with E-state index in [1.807, 2.05) is 0 Å². The highest BCUT2D eigenvalue weighted by atomic mass is 16.6. The first kappa shape index (κ1) is 21.9. The Kier molecular flexibility index (Phi) is 9.51. The van der Waals surface area contributed by atoms with Crippen LogP contribution in [-0.4, -0.2) is 49.3 Å². The van der Waals surface area contributed by atoms with Crippen molar-refractivity contribution < 1.29 is 38.1 Å². The summed E-state index contributed by atoms with van der Waals surface area (Å²) in [6, 6.07) is 0. The Morgan fingerprint density at radius 1 is 0.607 bits per heavy atom. The molecule has 2 fully saturated rings. The van der Waals surface area contributed by atoms with Gasteiger partial charge in [-0.15, -0.1) is 0 Å². The van der Waals surface area contributed by atoms with Gasteiger partial charge in [0.25, 0.3) is 0 Å². The van der Waals surface area contributed by atoms with Gasteiger partial charge in [-0.25, -0.2) is 19.2 Å². The van der Waals surface area contributed by atoms with E-state index < -0.39 is 37.1 Å². The number of hydrogen-bond donors (Lipinski definition) is 0. The first-order valence-electron chi connectivity index (χ1n) is 9.93. The molecule has 2 rings (SSSR count). The topological polar surface area (TPSA) is 105 Å². The number of rotatable bonds is 8. The average Bonchev–Trinajstić information content (AvgIpc) is 2.70. The molecule has 0 aromatic rings. The van der Waals surface area contributed by atoms with Crippen molar-refractivity contribution in [2.24, 2.45) is 0 Å². The molecule has 8 nitrogen and oxygen atoms in total. The zero-order chi connectivity index (χ0) is 20.2. The smallest absolute Gasteiger partial charge is 0.344 e. The number of ether oxygens (including phenoxy) is 4. The second-order valence-corrected chi connectivity index (χ2v) is 7.05. The van der Waals surface area contributed by atoms with Crippen molar-refractivity contribution in [1.82, 2.24) is 0 Å². The normalized spacial score (nSPS) is 18.4. The Balaban J connectivity index is 1.56. The fraction of sp³-hybridized carbons (Fsp3) is 0.700. The summed E-state index contributed by atoms with van der Waals surface area (Å²) in [6.45, 7) is -1.02. The van der Waals surface area contributed by atoms with Crippen LogP contribution in [0.5, 0.6) is 0 Å². The Bertz CT molecular complexity index is 521. The number of carbonyl (C=O) groups excluding carboxylic acids is 4. The fourth-order valence-corrected chi connectivity index (χ4v) is 3.30. The minimum absolute atomic E-state index is 0.112. The molecular weight excluding hydrogens is 368 g/mol. The molecule has 0 aromatic heterocycles. The molecule has 0 amide bonds.